The van der Waals surface area contributed by atoms with Gasteiger partial charge in [0, 0.05) is 31.1 Å². The van der Waals surface area contributed by atoms with E-state index < -0.39 is 17.6 Å². The Morgan fingerprint density at radius 2 is 1.50 bits per heavy atom. The molecule has 3 aromatic carbocycles. The molecule has 1 heterocycles. The van der Waals surface area contributed by atoms with Crippen molar-refractivity contribution in [1.29, 1.82) is 0 Å². The monoisotopic (exact) mass is 434 g/mol. The first-order valence-corrected chi connectivity index (χ1v) is 10.6. The summed E-state index contributed by atoms with van der Waals surface area (Å²) < 4.78 is 28.2. The predicted molar refractivity (Wildman–Crippen MR) is 118 cm³/mol. The SMILES string of the molecule is O=C(NCc1ccccc1F)C1CC(c2ccccc2)CN(C(=O)c2ccccc2F)C1. The van der Waals surface area contributed by atoms with Gasteiger partial charge in [0.1, 0.15) is 11.6 Å². The molecule has 0 radical (unpaired) electrons. The van der Waals surface area contributed by atoms with Gasteiger partial charge in [-0.05, 0) is 30.2 Å². The largest absolute Gasteiger partial charge is 0.352 e. The highest BCUT2D eigenvalue weighted by molar-refractivity contribution is 5.95. The minimum absolute atomic E-state index is 0.00766. The van der Waals surface area contributed by atoms with E-state index in [0.29, 0.717) is 18.5 Å². The number of hydrogen-bond donors (Lipinski definition) is 1. The fourth-order valence-electron chi connectivity index (χ4n) is 4.20. The van der Waals surface area contributed by atoms with E-state index in [1.54, 1.807) is 29.2 Å². The van der Waals surface area contributed by atoms with Gasteiger partial charge in [-0.15, -0.1) is 0 Å². The number of nitrogens with one attached hydrogen (secondary N) is 1. The molecule has 0 saturated carbocycles. The van der Waals surface area contributed by atoms with Crippen LogP contribution < -0.4 is 5.32 Å². The average Bonchev–Trinajstić information content (AvgIpc) is 2.83. The molecular formula is C26H24F2N2O2. The van der Waals surface area contributed by atoms with Crippen molar-refractivity contribution in [3.63, 3.8) is 0 Å². The van der Waals surface area contributed by atoms with E-state index in [-0.39, 0.29) is 36.3 Å². The molecule has 2 unspecified atom stereocenters. The number of amides is 2. The van der Waals surface area contributed by atoms with Crippen LogP contribution in [0.15, 0.2) is 78.9 Å². The molecule has 1 aliphatic heterocycles. The molecule has 2 amide bonds. The Morgan fingerprint density at radius 1 is 0.844 bits per heavy atom. The van der Waals surface area contributed by atoms with Crippen molar-refractivity contribution in [1.82, 2.24) is 10.2 Å². The predicted octanol–water partition coefficient (Wildman–Crippen LogP) is 4.53. The van der Waals surface area contributed by atoms with E-state index in [2.05, 4.69) is 5.32 Å². The van der Waals surface area contributed by atoms with E-state index in [1.807, 2.05) is 30.3 Å². The average molecular weight is 434 g/mol. The van der Waals surface area contributed by atoms with Crippen LogP contribution in [0.5, 0.6) is 0 Å². The normalized spacial score (nSPS) is 18.2. The molecule has 164 valence electrons. The molecule has 6 heteroatoms. The van der Waals surface area contributed by atoms with Gasteiger partial charge in [0.2, 0.25) is 5.91 Å². The number of carbonyl (C=O) groups is 2. The van der Waals surface area contributed by atoms with Crippen LogP contribution in [0.2, 0.25) is 0 Å². The van der Waals surface area contributed by atoms with E-state index in [4.69, 9.17) is 0 Å². The second kappa shape index (κ2) is 9.73. The highest BCUT2D eigenvalue weighted by Gasteiger charge is 2.35. The summed E-state index contributed by atoms with van der Waals surface area (Å²) in [5.74, 6) is -2.20. The lowest BCUT2D eigenvalue weighted by atomic mass is 9.83. The number of hydrogen-bond acceptors (Lipinski definition) is 2. The Balaban J connectivity index is 1.54. The lowest BCUT2D eigenvalue weighted by molar-refractivity contribution is -0.126. The van der Waals surface area contributed by atoms with Crippen molar-refractivity contribution in [2.45, 2.75) is 18.9 Å². The van der Waals surface area contributed by atoms with Crippen LogP contribution in [0.25, 0.3) is 0 Å². The fraction of sp³-hybridized carbons (Fsp3) is 0.231. The van der Waals surface area contributed by atoms with Crippen molar-refractivity contribution < 1.29 is 18.4 Å². The smallest absolute Gasteiger partial charge is 0.256 e. The minimum Gasteiger partial charge on any atom is -0.352 e. The lowest BCUT2D eigenvalue weighted by Crippen LogP contribution is -2.48. The topological polar surface area (TPSA) is 49.4 Å². The van der Waals surface area contributed by atoms with E-state index in [1.165, 1.54) is 24.3 Å². The number of likely N-dealkylation sites (tertiary alicyclic amines) is 1. The molecule has 32 heavy (non-hydrogen) atoms. The van der Waals surface area contributed by atoms with Gasteiger partial charge < -0.3 is 10.2 Å². The van der Waals surface area contributed by atoms with Gasteiger partial charge in [-0.1, -0.05) is 60.7 Å². The van der Waals surface area contributed by atoms with Gasteiger partial charge in [-0.25, -0.2) is 8.78 Å². The zero-order valence-electron chi connectivity index (χ0n) is 17.5. The highest BCUT2D eigenvalue weighted by atomic mass is 19.1. The first kappa shape index (κ1) is 21.7. The fourth-order valence-corrected chi connectivity index (χ4v) is 4.20. The van der Waals surface area contributed by atoms with E-state index >= 15 is 0 Å². The first-order valence-electron chi connectivity index (χ1n) is 10.6. The molecule has 1 fully saturated rings. The third-order valence-electron chi connectivity index (χ3n) is 5.89. The quantitative estimate of drug-likeness (QED) is 0.642. The minimum atomic E-state index is -0.583. The van der Waals surface area contributed by atoms with Crippen molar-refractivity contribution in [3.8, 4) is 0 Å². The van der Waals surface area contributed by atoms with E-state index in [9.17, 15) is 18.4 Å². The van der Waals surface area contributed by atoms with Crippen molar-refractivity contribution in [2.75, 3.05) is 13.1 Å². The molecule has 0 aliphatic carbocycles. The molecule has 1 aliphatic rings. The number of halogens is 2. The molecule has 3 aromatic rings. The summed E-state index contributed by atoms with van der Waals surface area (Å²) in [6.45, 7) is 0.646. The third-order valence-corrected chi connectivity index (χ3v) is 5.89. The summed E-state index contributed by atoms with van der Waals surface area (Å²) >= 11 is 0. The maximum atomic E-state index is 14.3. The summed E-state index contributed by atoms with van der Waals surface area (Å²) in [5.41, 5.74) is 1.41. The molecule has 2 atom stereocenters. The van der Waals surface area contributed by atoms with Gasteiger partial charge in [0.05, 0.1) is 11.5 Å². The van der Waals surface area contributed by atoms with Gasteiger partial charge in [-0.2, -0.15) is 0 Å². The van der Waals surface area contributed by atoms with Crippen LogP contribution in [0.4, 0.5) is 8.78 Å². The molecule has 1 N–H and O–H groups in total. The number of piperidine rings is 1. The number of rotatable bonds is 5. The Labute approximate surface area is 185 Å². The summed E-state index contributed by atoms with van der Waals surface area (Å²) in [7, 11) is 0. The highest BCUT2D eigenvalue weighted by Crippen LogP contribution is 2.31. The van der Waals surface area contributed by atoms with Gasteiger partial charge in [0.25, 0.3) is 5.91 Å². The van der Waals surface area contributed by atoms with Crippen LogP contribution >= 0.6 is 0 Å². The number of carbonyl (C=O) groups excluding carboxylic acids is 2. The second-order valence-corrected chi connectivity index (χ2v) is 8.04. The molecule has 1 saturated heterocycles. The standard InChI is InChI=1S/C26H24F2N2O2/c27-23-12-6-4-10-19(23)15-29-25(31)21-14-20(18-8-2-1-3-9-18)16-30(17-21)26(32)22-11-5-7-13-24(22)28/h1-13,20-21H,14-17H2,(H,29,31). The van der Waals surface area contributed by atoms with Gasteiger partial charge in [0.15, 0.2) is 0 Å². The maximum Gasteiger partial charge on any atom is 0.256 e. The third kappa shape index (κ3) is 4.85. The maximum absolute atomic E-state index is 14.3. The summed E-state index contributed by atoms with van der Waals surface area (Å²) in [5, 5.41) is 2.80. The van der Waals surface area contributed by atoms with Crippen LogP contribution in [0.1, 0.15) is 33.8 Å². The van der Waals surface area contributed by atoms with Crippen LogP contribution in [0, 0.1) is 17.6 Å². The van der Waals surface area contributed by atoms with Gasteiger partial charge in [-0.3, -0.25) is 9.59 Å². The van der Waals surface area contributed by atoms with Crippen molar-refractivity contribution >= 4 is 11.8 Å². The molecule has 4 rings (SSSR count). The molecule has 0 spiro atoms. The Bertz CT molecular complexity index is 1100. The molecular weight excluding hydrogens is 410 g/mol. The zero-order chi connectivity index (χ0) is 22.5. The Kier molecular flexibility index (Phi) is 6.59. The summed E-state index contributed by atoms with van der Waals surface area (Å²) in [4.78, 5) is 27.6. The van der Waals surface area contributed by atoms with E-state index in [0.717, 1.165) is 5.56 Å². The lowest BCUT2D eigenvalue weighted by Gasteiger charge is -2.37. The Hall–Kier alpha value is -3.54. The first-order chi connectivity index (χ1) is 15.5. The number of nitrogens with zero attached hydrogens (tertiary/aromatic N) is 1. The van der Waals surface area contributed by atoms with Crippen LogP contribution in [-0.2, 0) is 11.3 Å². The van der Waals surface area contributed by atoms with Crippen LogP contribution in [0.3, 0.4) is 0 Å². The molecule has 0 bridgehead atoms. The zero-order valence-corrected chi connectivity index (χ0v) is 17.5. The number of benzene rings is 3. The van der Waals surface area contributed by atoms with Crippen molar-refractivity contribution in [3.05, 3.63) is 107 Å². The molecule has 4 nitrogen and oxygen atoms in total. The van der Waals surface area contributed by atoms with Gasteiger partial charge >= 0.3 is 0 Å². The van der Waals surface area contributed by atoms with Crippen LogP contribution in [-0.4, -0.2) is 29.8 Å². The van der Waals surface area contributed by atoms with Crippen molar-refractivity contribution in [2.24, 2.45) is 5.92 Å². The summed E-state index contributed by atoms with van der Waals surface area (Å²) in [6, 6.07) is 21.8. The summed E-state index contributed by atoms with van der Waals surface area (Å²) in [6.07, 6.45) is 0.550. The second-order valence-electron chi connectivity index (χ2n) is 8.04. The molecule has 0 aromatic heterocycles. The Morgan fingerprint density at radius 3 is 2.22 bits per heavy atom.